The van der Waals surface area contributed by atoms with Crippen LogP contribution in [-0.4, -0.2) is 33.7 Å². The molecule has 20 heavy (non-hydrogen) atoms. The van der Waals surface area contributed by atoms with Crippen LogP contribution < -0.4 is 5.73 Å². The fourth-order valence-electron chi connectivity index (χ4n) is 2.10. The standard InChI is InChI=1S/C15H20N4O/c1-3-10-18(4-2)15(20)13-9-11-19(17-13)14-8-6-5-7-12(14)16/h5-9,11H,3-4,10,16H2,1-2H3. The number of benzene rings is 1. The van der Waals surface area contributed by atoms with Crippen molar-refractivity contribution in [2.45, 2.75) is 20.3 Å². The topological polar surface area (TPSA) is 64.2 Å². The van der Waals surface area contributed by atoms with Gasteiger partial charge in [-0.05, 0) is 31.5 Å². The molecule has 0 aliphatic heterocycles. The van der Waals surface area contributed by atoms with Gasteiger partial charge in [0, 0.05) is 19.3 Å². The Morgan fingerprint density at radius 3 is 2.70 bits per heavy atom. The minimum absolute atomic E-state index is 0.0393. The highest BCUT2D eigenvalue weighted by molar-refractivity contribution is 5.92. The lowest BCUT2D eigenvalue weighted by molar-refractivity contribution is 0.0758. The van der Waals surface area contributed by atoms with Crippen molar-refractivity contribution in [3.05, 3.63) is 42.2 Å². The highest BCUT2D eigenvalue weighted by Gasteiger charge is 2.16. The maximum atomic E-state index is 12.3. The van der Waals surface area contributed by atoms with Crippen LogP contribution in [0.3, 0.4) is 0 Å². The zero-order valence-electron chi connectivity index (χ0n) is 11.9. The summed E-state index contributed by atoms with van der Waals surface area (Å²) in [5.41, 5.74) is 7.78. The molecule has 1 aromatic carbocycles. The summed E-state index contributed by atoms with van der Waals surface area (Å²) in [4.78, 5) is 14.1. The summed E-state index contributed by atoms with van der Waals surface area (Å²) in [5, 5.41) is 4.34. The average Bonchev–Trinajstić information content (AvgIpc) is 2.94. The van der Waals surface area contributed by atoms with Gasteiger partial charge in [-0.25, -0.2) is 4.68 Å². The second-order valence-electron chi connectivity index (χ2n) is 4.59. The number of para-hydroxylation sites is 2. The smallest absolute Gasteiger partial charge is 0.274 e. The van der Waals surface area contributed by atoms with Crippen molar-refractivity contribution in [3.8, 4) is 5.69 Å². The summed E-state index contributed by atoms with van der Waals surface area (Å²) in [6.45, 7) is 5.46. The van der Waals surface area contributed by atoms with E-state index in [1.165, 1.54) is 0 Å². The van der Waals surface area contributed by atoms with Crippen molar-refractivity contribution in [2.24, 2.45) is 0 Å². The molecular formula is C15H20N4O. The summed E-state index contributed by atoms with van der Waals surface area (Å²) < 4.78 is 1.64. The first-order valence-corrected chi connectivity index (χ1v) is 6.87. The number of hydrogen-bond acceptors (Lipinski definition) is 3. The molecule has 0 fully saturated rings. The van der Waals surface area contributed by atoms with Gasteiger partial charge in [0.25, 0.3) is 5.91 Å². The molecule has 1 aromatic heterocycles. The number of carbonyl (C=O) groups excluding carboxylic acids is 1. The number of nitrogens with zero attached hydrogens (tertiary/aromatic N) is 3. The van der Waals surface area contributed by atoms with Crippen molar-refractivity contribution < 1.29 is 4.79 Å². The van der Waals surface area contributed by atoms with Crippen molar-refractivity contribution in [1.29, 1.82) is 0 Å². The first-order chi connectivity index (χ1) is 9.67. The second kappa shape index (κ2) is 6.23. The minimum Gasteiger partial charge on any atom is -0.397 e. The van der Waals surface area contributed by atoms with Crippen LogP contribution >= 0.6 is 0 Å². The molecule has 0 atom stereocenters. The van der Waals surface area contributed by atoms with Gasteiger partial charge in [0.05, 0.1) is 11.4 Å². The summed E-state index contributed by atoms with van der Waals surface area (Å²) in [7, 11) is 0. The van der Waals surface area contributed by atoms with Crippen molar-refractivity contribution >= 4 is 11.6 Å². The monoisotopic (exact) mass is 272 g/mol. The van der Waals surface area contributed by atoms with E-state index in [2.05, 4.69) is 12.0 Å². The highest BCUT2D eigenvalue weighted by Crippen LogP contribution is 2.16. The number of hydrogen-bond donors (Lipinski definition) is 1. The lowest BCUT2D eigenvalue weighted by Crippen LogP contribution is -2.31. The van der Waals surface area contributed by atoms with Crippen LogP contribution in [0.4, 0.5) is 5.69 Å². The lowest BCUT2D eigenvalue weighted by Gasteiger charge is -2.18. The normalized spacial score (nSPS) is 10.5. The third-order valence-corrected chi connectivity index (χ3v) is 3.15. The summed E-state index contributed by atoms with van der Waals surface area (Å²) in [5.74, 6) is -0.0393. The molecule has 0 aliphatic rings. The van der Waals surface area contributed by atoms with Crippen LogP contribution in [0.1, 0.15) is 30.8 Å². The number of aromatic nitrogens is 2. The Kier molecular flexibility index (Phi) is 4.40. The van der Waals surface area contributed by atoms with Gasteiger partial charge >= 0.3 is 0 Å². The Bertz CT molecular complexity index is 591. The van der Waals surface area contributed by atoms with Crippen molar-refractivity contribution in [3.63, 3.8) is 0 Å². The quantitative estimate of drug-likeness (QED) is 0.850. The predicted molar refractivity (Wildman–Crippen MR) is 79.8 cm³/mol. The maximum absolute atomic E-state index is 12.3. The summed E-state index contributed by atoms with van der Waals surface area (Å²) >= 11 is 0. The average molecular weight is 272 g/mol. The first kappa shape index (κ1) is 14.1. The molecule has 5 heteroatoms. The van der Waals surface area contributed by atoms with Crippen molar-refractivity contribution in [1.82, 2.24) is 14.7 Å². The van der Waals surface area contributed by atoms with E-state index in [1.807, 2.05) is 31.2 Å². The fraction of sp³-hybridized carbons (Fsp3) is 0.333. The van der Waals surface area contributed by atoms with Gasteiger partial charge in [-0.2, -0.15) is 5.10 Å². The molecule has 0 radical (unpaired) electrons. The number of rotatable bonds is 5. The molecule has 1 amide bonds. The number of nitrogens with two attached hydrogens (primary N) is 1. The largest absolute Gasteiger partial charge is 0.397 e. The third kappa shape index (κ3) is 2.82. The Balaban J connectivity index is 2.25. The van der Waals surface area contributed by atoms with Gasteiger partial charge in [-0.3, -0.25) is 4.79 Å². The van der Waals surface area contributed by atoms with E-state index >= 15 is 0 Å². The van der Waals surface area contributed by atoms with E-state index in [1.54, 1.807) is 21.8 Å². The Morgan fingerprint density at radius 2 is 2.05 bits per heavy atom. The van der Waals surface area contributed by atoms with E-state index in [-0.39, 0.29) is 5.91 Å². The third-order valence-electron chi connectivity index (χ3n) is 3.15. The molecule has 0 saturated carbocycles. The van der Waals surface area contributed by atoms with E-state index in [0.29, 0.717) is 17.9 Å². The number of carbonyl (C=O) groups is 1. The summed E-state index contributed by atoms with van der Waals surface area (Å²) in [6.07, 6.45) is 2.70. The molecule has 5 nitrogen and oxygen atoms in total. The van der Waals surface area contributed by atoms with E-state index in [4.69, 9.17) is 5.73 Å². The minimum atomic E-state index is -0.0393. The Morgan fingerprint density at radius 1 is 1.30 bits per heavy atom. The zero-order valence-corrected chi connectivity index (χ0v) is 11.9. The second-order valence-corrected chi connectivity index (χ2v) is 4.59. The molecule has 2 rings (SSSR count). The Hall–Kier alpha value is -2.30. The SMILES string of the molecule is CCCN(CC)C(=O)c1ccn(-c2ccccc2N)n1. The number of nitrogen functional groups attached to an aromatic ring is 1. The summed E-state index contributed by atoms with van der Waals surface area (Å²) in [6, 6.07) is 9.18. The van der Waals surface area contributed by atoms with E-state index in [0.717, 1.165) is 18.7 Å². The molecule has 0 bridgehead atoms. The van der Waals surface area contributed by atoms with Gasteiger partial charge in [0.15, 0.2) is 5.69 Å². The van der Waals surface area contributed by atoms with Crippen LogP contribution in [0, 0.1) is 0 Å². The molecular weight excluding hydrogens is 252 g/mol. The molecule has 0 unspecified atom stereocenters. The molecule has 0 aliphatic carbocycles. The molecule has 2 N–H and O–H groups in total. The van der Waals surface area contributed by atoms with Crippen LogP contribution in [0.15, 0.2) is 36.5 Å². The van der Waals surface area contributed by atoms with Crippen molar-refractivity contribution in [2.75, 3.05) is 18.8 Å². The van der Waals surface area contributed by atoms with E-state index < -0.39 is 0 Å². The molecule has 106 valence electrons. The Labute approximate surface area is 119 Å². The van der Waals surface area contributed by atoms with Gasteiger partial charge in [-0.1, -0.05) is 19.1 Å². The van der Waals surface area contributed by atoms with Gasteiger partial charge < -0.3 is 10.6 Å². The highest BCUT2D eigenvalue weighted by atomic mass is 16.2. The molecule has 0 spiro atoms. The van der Waals surface area contributed by atoms with Crippen LogP contribution in [0.2, 0.25) is 0 Å². The lowest BCUT2D eigenvalue weighted by atomic mass is 10.3. The van der Waals surface area contributed by atoms with Crippen LogP contribution in [0.5, 0.6) is 0 Å². The van der Waals surface area contributed by atoms with Crippen LogP contribution in [0.25, 0.3) is 5.69 Å². The number of anilines is 1. The number of amides is 1. The molecule has 1 heterocycles. The first-order valence-electron chi connectivity index (χ1n) is 6.87. The van der Waals surface area contributed by atoms with Crippen LogP contribution in [-0.2, 0) is 0 Å². The fourth-order valence-corrected chi connectivity index (χ4v) is 2.10. The van der Waals surface area contributed by atoms with E-state index in [9.17, 15) is 4.79 Å². The zero-order chi connectivity index (χ0) is 14.5. The van der Waals surface area contributed by atoms with Gasteiger partial charge in [0.1, 0.15) is 0 Å². The van der Waals surface area contributed by atoms with Gasteiger partial charge in [0.2, 0.25) is 0 Å². The molecule has 2 aromatic rings. The maximum Gasteiger partial charge on any atom is 0.274 e. The van der Waals surface area contributed by atoms with Gasteiger partial charge in [-0.15, -0.1) is 0 Å². The predicted octanol–water partition coefficient (Wildman–Crippen LogP) is 2.33. The molecule has 0 saturated heterocycles.